The molecule has 0 aliphatic rings. The lowest BCUT2D eigenvalue weighted by Gasteiger charge is -2.14. The van der Waals surface area contributed by atoms with Gasteiger partial charge in [0, 0.05) is 24.6 Å². The first kappa shape index (κ1) is 12.4. The molecule has 1 N–H and O–H groups in total. The monoisotopic (exact) mass is 252 g/mol. The Morgan fingerprint density at radius 2 is 1.83 bits per heavy atom. The lowest BCUT2D eigenvalue weighted by Crippen LogP contribution is -2.10. The van der Waals surface area contributed by atoms with E-state index in [2.05, 4.69) is 10.3 Å². The Bertz CT molecular complexity index is 509. The van der Waals surface area contributed by atoms with E-state index < -0.39 is 11.7 Å². The number of pyridine rings is 1. The van der Waals surface area contributed by atoms with Gasteiger partial charge < -0.3 is 5.32 Å². The molecule has 1 aromatic heterocycles. The van der Waals surface area contributed by atoms with Gasteiger partial charge in [-0.3, -0.25) is 4.98 Å². The van der Waals surface area contributed by atoms with Crippen molar-refractivity contribution in [2.45, 2.75) is 12.7 Å². The molecule has 0 spiro atoms. The molecule has 18 heavy (non-hydrogen) atoms. The molecule has 0 radical (unpaired) electrons. The van der Waals surface area contributed by atoms with E-state index >= 15 is 0 Å². The average Bonchev–Trinajstić information content (AvgIpc) is 2.37. The van der Waals surface area contributed by atoms with Crippen LogP contribution in [0.25, 0.3) is 0 Å². The highest BCUT2D eigenvalue weighted by Gasteiger charge is 2.32. The van der Waals surface area contributed by atoms with Gasteiger partial charge in [-0.05, 0) is 23.8 Å². The Morgan fingerprint density at radius 3 is 2.50 bits per heavy atom. The van der Waals surface area contributed by atoms with Crippen LogP contribution in [0, 0.1) is 0 Å². The number of rotatable bonds is 3. The molecule has 2 nitrogen and oxygen atoms in total. The molecule has 0 atom stereocenters. The number of anilines is 1. The standard InChI is InChI=1S/C13H11F3N2/c14-13(15,16)11-5-1-2-6-12(11)18-9-10-4-3-7-17-8-10/h1-8,18H,9H2. The van der Waals surface area contributed by atoms with Gasteiger partial charge >= 0.3 is 6.18 Å². The van der Waals surface area contributed by atoms with Gasteiger partial charge in [-0.25, -0.2) is 0 Å². The smallest absolute Gasteiger partial charge is 0.380 e. The fourth-order valence-corrected chi connectivity index (χ4v) is 1.58. The number of nitrogens with one attached hydrogen (secondary N) is 1. The van der Waals surface area contributed by atoms with Gasteiger partial charge in [-0.2, -0.15) is 13.2 Å². The Hall–Kier alpha value is -2.04. The molecule has 0 bridgehead atoms. The van der Waals surface area contributed by atoms with Crippen LogP contribution in [0.3, 0.4) is 0 Å². The molecule has 94 valence electrons. The first-order valence-electron chi connectivity index (χ1n) is 5.36. The summed E-state index contributed by atoms with van der Waals surface area (Å²) < 4.78 is 38.2. The van der Waals surface area contributed by atoms with Crippen LogP contribution in [-0.4, -0.2) is 4.98 Å². The topological polar surface area (TPSA) is 24.9 Å². The van der Waals surface area contributed by atoms with Crippen molar-refractivity contribution in [1.29, 1.82) is 0 Å². The minimum absolute atomic E-state index is 0.0776. The molecule has 5 heteroatoms. The fourth-order valence-electron chi connectivity index (χ4n) is 1.58. The van der Waals surface area contributed by atoms with Crippen LogP contribution in [0.1, 0.15) is 11.1 Å². The molecule has 0 fully saturated rings. The van der Waals surface area contributed by atoms with Crippen LogP contribution in [0.5, 0.6) is 0 Å². The minimum atomic E-state index is -4.35. The van der Waals surface area contributed by atoms with E-state index in [-0.39, 0.29) is 5.69 Å². The molecular formula is C13H11F3N2. The summed E-state index contributed by atoms with van der Waals surface area (Å²) in [7, 11) is 0. The van der Waals surface area contributed by atoms with Crippen molar-refractivity contribution in [3.8, 4) is 0 Å². The number of aromatic nitrogens is 1. The van der Waals surface area contributed by atoms with Crippen LogP contribution in [-0.2, 0) is 12.7 Å². The van der Waals surface area contributed by atoms with E-state index in [9.17, 15) is 13.2 Å². The van der Waals surface area contributed by atoms with E-state index in [0.29, 0.717) is 6.54 Å². The van der Waals surface area contributed by atoms with Gasteiger partial charge in [-0.15, -0.1) is 0 Å². The van der Waals surface area contributed by atoms with Crippen molar-refractivity contribution < 1.29 is 13.2 Å². The zero-order chi connectivity index (χ0) is 13.0. The van der Waals surface area contributed by atoms with Crippen molar-refractivity contribution in [1.82, 2.24) is 4.98 Å². The molecule has 0 unspecified atom stereocenters. The number of halogens is 3. The van der Waals surface area contributed by atoms with Crippen LogP contribution < -0.4 is 5.32 Å². The summed E-state index contributed by atoms with van der Waals surface area (Å²) in [5.74, 6) is 0. The summed E-state index contributed by atoms with van der Waals surface area (Å²) in [5, 5.41) is 2.78. The molecule has 1 aromatic carbocycles. The SMILES string of the molecule is FC(F)(F)c1ccccc1NCc1cccnc1. The molecule has 0 saturated carbocycles. The zero-order valence-electron chi connectivity index (χ0n) is 9.41. The summed E-state index contributed by atoms with van der Waals surface area (Å²) in [4.78, 5) is 3.91. The van der Waals surface area contributed by atoms with Gasteiger partial charge in [-0.1, -0.05) is 18.2 Å². The predicted molar refractivity (Wildman–Crippen MR) is 63.0 cm³/mol. The van der Waals surface area contributed by atoms with Crippen molar-refractivity contribution in [2.24, 2.45) is 0 Å². The van der Waals surface area contributed by atoms with Crippen LogP contribution in [0.4, 0.5) is 18.9 Å². The summed E-state index contributed by atoms with van der Waals surface area (Å²) in [5.41, 5.74) is 0.247. The average molecular weight is 252 g/mol. The summed E-state index contributed by atoms with van der Waals surface area (Å²) >= 11 is 0. The Morgan fingerprint density at radius 1 is 1.06 bits per heavy atom. The van der Waals surface area contributed by atoms with Crippen LogP contribution >= 0.6 is 0 Å². The van der Waals surface area contributed by atoms with Gasteiger partial charge in [0.2, 0.25) is 0 Å². The molecular weight excluding hydrogens is 241 g/mol. The molecule has 0 aliphatic heterocycles. The molecule has 0 aliphatic carbocycles. The predicted octanol–water partition coefficient (Wildman–Crippen LogP) is 3.71. The number of nitrogens with zero attached hydrogens (tertiary/aromatic N) is 1. The number of benzene rings is 1. The molecule has 1 heterocycles. The Kier molecular flexibility index (Phi) is 3.50. The van der Waals surface area contributed by atoms with E-state index in [1.54, 1.807) is 30.6 Å². The van der Waals surface area contributed by atoms with Gasteiger partial charge in [0.05, 0.1) is 5.56 Å². The van der Waals surface area contributed by atoms with Crippen molar-refractivity contribution in [3.63, 3.8) is 0 Å². The lowest BCUT2D eigenvalue weighted by molar-refractivity contribution is -0.136. The molecule has 2 aromatic rings. The second kappa shape index (κ2) is 5.08. The largest absolute Gasteiger partial charge is 0.418 e. The Labute approximate surface area is 102 Å². The second-order valence-electron chi connectivity index (χ2n) is 3.76. The van der Waals surface area contributed by atoms with E-state index in [1.807, 2.05) is 0 Å². The van der Waals surface area contributed by atoms with Gasteiger partial charge in [0.15, 0.2) is 0 Å². The normalized spacial score (nSPS) is 11.3. The van der Waals surface area contributed by atoms with Crippen molar-refractivity contribution in [3.05, 3.63) is 59.9 Å². The van der Waals surface area contributed by atoms with Gasteiger partial charge in [0.25, 0.3) is 0 Å². The van der Waals surface area contributed by atoms with E-state index in [1.165, 1.54) is 12.1 Å². The first-order valence-corrected chi connectivity index (χ1v) is 5.36. The third-order valence-electron chi connectivity index (χ3n) is 2.44. The highest BCUT2D eigenvalue weighted by Crippen LogP contribution is 2.34. The third kappa shape index (κ3) is 3.00. The molecule has 2 rings (SSSR count). The van der Waals surface area contributed by atoms with Gasteiger partial charge in [0.1, 0.15) is 0 Å². The maximum absolute atomic E-state index is 12.7. The summed E-state index contributed by atoms with van der Waals surface area (Å²) in [6.45, 7) is 0.306. The summed E-state index contributed by atoms with van der Waals surface area (Å²) in [6.07, 6.45) is -1.12. The lowest BCUT2D eigenvalue weighted by atomic mass is 10.1. The number of para-hydroxylation sites is 1. The molecule has 0 amide bonds. The van der Waals surface area contributed by atoms with Crippen LogP contribution in [0.2, 0.25) is 0 Å². The summed E-state index contributed by atoms with van der Waals surface area (Å²) in [6, 6.07) is 8.96. The highest BCUT2D eigenvalue weighted by atomic mass is 19.4. The number of hydrogen-bond donors (Lipinski definition) is 1. The number of hydrogen-bond acceptors (Lipinski definition) is 2. The second-order valence-corrected chi connectivity index (χ2v) is 3.76. The van der Waals surface area contributed by atoms with E-state index in [0.717, 1.165) is 11.6 Å². The molecule has 0 saturated heterocycles. The van der Waals surface area contributed by atoms with Crippen molar-refractivity contribution in [2.75, 3.05) is 5.32 Å². The minimum Gasteiger partial charge on any atom is -0.380 e. The fraction of sp³-hybridized carbons (Fsp3) is 0.154. The first-order chi connectivity index (χ1) is 8.57. The van der Waals surface area contributed by atoms with E-state index in [4.69, 9.17) is 0 Å². The maximum atomic E-state index is 12.7. The van der Waals surface area contributed by atoms with Crippen molar-refractivity contribution >= 4 is 5.69 Å². The highest BCUT2D eigenvalue weighted by molar-refractivity contribution is 5.52. The Balaban J connectivity index is 2.15. The maximum Gasteiger partial charge on any atom is 0.418 e. The number of alkyl halides is 3. The third-order valence-corrected chi connectivity index (χ3v) is 2.44. The quantitative estimate of drug-likeness (QED) is 0.900. The van der Waals surface area contributed by atoms with Crippen LogP contribution in [0.15, 0.2) is 48.8 Å². The zero-order valence-corrected chi connectivity index (χ0v) is 9.41.